The molecule has 0 aromatic heterocycles. The lowest BCUT2D eigenvalue weighted by molar-refractivity contribution is -0.115. The molecule has 1 N–H and O–H groups in total. The highest BCUT2D eigenvalue weighted by atomic mass is 32.2. The maximum Gasteiger partial charge on any atom is 0.228 e. The molecule has 2 rings (SSSR count). The van der Waals surface area contributed by atoms with Gasteiger partial charge < -0.3 is 5.32 Å². The van der Waals surface area contributed by atoms with Crippen LogP contribution >= 0.6 is 0 Å². The fourth-order valence-electron chi connectivity index (χ4n) is 1.47. The molecule has 14 heavy (non-hydrogen) atoms. The first-order chi connectivity index (χ1) is 6.47. The summed E-state index contributed by atoms with van der Waals surface area (Å²) in [7, 11) is -2.18. The molecule has 3 nitrogen and oxygen atoms in total. The third kappa shape index (κ3) is 1.53. The van der Waals surface area contributed by atoms with Gasteiger partial charge in [-0.3, -0.25) is 9.00 Å². The molecule has 1 aliphatic heterocycles. The molecule has 0 bridgehead atoms. The van der Waals surface area contributed by atoms with E-state index in [0.717, 1.165) is 11.3 Å². The Bertz CT molecular complexity index is 503. The normalized spacial score (nSPS) is 18.5. The maximum atomic E-state index is 11.7. The summed E-state index contributed by atoms with van der Waals surface area (Å²) in [6.07, 6.45) is 1.97. The lowest BCUT2D eigenvalue weighted by atomic mass is 10.2. The molecule has 74 valence electrons. The lowest BCUT2D eigenvalue weighted by Crippen LogP contribution is -2.03. The van der Waals surface area contributed by atoms with Gasteiger partial charge in [0.05, 0.1) is 6.42 Å². The largest absolute Gasteiger partial charge is 0.326 e. The predicted octanol–water partition coefficient (Wildman–Crippen LogP) is 0.886. The Kier molecular flexibility index (Phi) is 1.89. The molecule has 0 radical (unpaired) electrons. The van der Waals surface area contributed by atoms with Crippen LogP contribution in [0.5, 0.6) is 0 Å². The molecule has 1 unspecified atom stereocenters. The van der Waals surface area contributed by atoms with Crippen LogP contribution in [0.3, 0.4) is 0 Å². The van der Waals surface area contributed by atoms with E-state index >= 15 is 0 Å². The Morgan fingerprint density at radius 3 is 2.86 bits per heavy atom. The first-order valence-electron chi connectivity index (χ1n) is 4.22. The summed E-state index contributed by atoms with van der Waals surface area (Å²) in [6.45, 7) is 0. The molecule has 1 aromatic rings. The van der Waals surface area contributed by atoms with E-state index in [4.69, 9.17) is 0 Å². The second-order valence-electron chi connectivity index (χ2n) is 3.55. The van der Waals surface area contributed by atoms with Crippen LogP contribution in [0.25, 0.3) is 0 Å². The van der Waals surface area contributed by atoms with Crippen molar-refractivity contribution >= 4 is 27.0 Å². The quantitative estimate of drug-likeness (QED) is 0.698. The van der Waals surface area contributed by atoms with Gasteiger partial charge in [0.25, 0.3) is 0 Å². The van der Waals surface area contributed by atoms with Gasteiger partial charge in [-0.15, -0.1) is 0 Å². The summed E-state index contributed by atoms with van der Waals surface area (Å²) in [5.74, 6) is 3.60. The topological polar surface area (TPSA) is 46.2 Å². The molecule has 1 heterocycles. The molecular formula is C10H11NO2S. The van der Waals surface area contributed by atoms with E-state index < -0.39 is 9.52 Å². The van der Waals surface area contributed by atoms with Crippen molar-refractivity contribution in [2.75, 3.05) is 11.6 Å². The van der Waals surface area contributed by atoms with Gasteiger partial charge in [-0.1, -0.05) is 0 Å². The molecule has 1 amide bonds. The first kappa shape index (κ1) is 9.27. The van der Waals surface area contributed by atoms with Crippen molar-refractivity contribution in [3.63, 3.8) is 0 Å². The molecular weight excluding hydrogens is 198 g/mol. The molecule has 0 fully saturated rings. The molecule has 1 atom stereocenters. The zero-order valence-electron chi connectivity index (χ0n) is 7.87. The van der Waals surface area contributed by atoms with Crippen LogP contribution in [0.4, 0.5) is 5.69 Å². The van der Waals surface area contributed by atoms with E-state index in [0.29, 0.717) is 11.3 Å². The highest BCUT2D eigenvalue weighted by molar-refractivity contribution is 7.99. The van der Waals surface area contributed by atoms with Crippen LogP contribution in [0.1, 0.15) is 5.56 Å². The maximum absolute atomic E-state index is 11.7. The van der Waals surface area contributed by atoms with Crippen LogP contribution in [-0.4, -0.2) is 22.2 Å². The predicted molar refractivity (Wildman–Crippen MR) is 58.2 cm³/mol. The molecule has 0 saturated heterocycles. The van der Waals surface area contributed by atoms with Gasteiger partial charge in [0, 0.05) is 16.8 Å². The lowest BCUT2D eigenvalue weighted by Gasteiger charge is -2.04. The van der Waals surface area contributed by atoms with Crippen molar-refractivity contribution < 1.29 is 9.00 Å². The number of amides is 1. The first-order valence-corrected chi connectivity index (χ1v) is 6.35. The molecule has 0 aliphatic carbocycles. The summed E-state index contributed by atoms with van der Waals surface area (Å²) in [6, 6.07) is 5.33. The second-order valence-corrected chi connectivity index (χ2v) is 6.03. The number of hydrogen-bond acceptors (Lipinski definition) is 2. The van der Waals surface area contributed by atoms with Crippen molar-refractivity contribution in [2.45, 2.75) is 11.3 Å². The third-order valence-electron chi connectivity index (χ3n) is 2.20. The smallest absolute Gasteiger partial charge is 0.228 e. The van der Waals surface area contributed by atoms with Gasteiger partial charge in [-0.05, 0) is 39.2 Å². The summed E-state index contributed by atoms with van der Waals surface area (Å²) in [5.41, 5.74) is 1.73. The monoisotopic (exact) mass is 209 g/mol. The summed E-state index contributed by atoms with van der Waals surface area (Å²) in [4.78, 5) is 11.8. The minimum absolute atomic E-state index is 0.0104. The van der Waals surface area contributed by atoms with E-state index in [-0.39, 0.29) is 5.91 Å². The van der Waals surface area contributed by atoms with Gasteiger partial charge in [-0.25, -0.2) is 0 Å². The average molecular weight is 209 g/mol. The number of rotatable bonds is 1. The minimum Gasteiger partial charge on any atom is -0.326 e. The Balaban J connectivity index is 2.53. The van der Waals surface area contributed by atoms with Crippen molar-refractivity contribution in [2.24, 2.45) is 0 Å². The van der Waals surface area contributed by atoms with Crippen LogP contribution in [-0.2, 0) is 20.7 Å². The van der Waals surface area contributed by atoms with Crippen LogP contribution in [0.15, 0.2) is 23.1 Å². The standard InChI is InChI=1S/C10H11NO2S/c1-14(2,13)8-3-4-9-7(5-8)6-10(12)11-9/h3-5H,1,6H2,2H3,(H,11,12). The van der Waals surface area contributed by atoms with Gasteiger partial charge in [-0.2, -0.15) is 0 Å². The van der Waals surface area contributed by atoms with Crippen molar-refractivity contribution in [1.29, 1.82) is 0 Å². The van der Waals surface area contributed by atoms with Crippen LogP contribution < -0.4 is 5.32 Å². The number of anilines is 1. The summed E-state index contributed by atoms with van der Waals surface area (Å²) in [5, 5.41) is 2.72. The Labute approximate surface area is 83.1 Å². The number of carbonyl (C=O) groups excluding carboxylic acids is 1. The Hall–Kier alpha value is -1.29. The van der Waals surface area contributed by atoms with Crippen LogP contribution in [0.2, 0.25) is 0 Å². The van der Waals surface area contributed by atoms with E-state index in [1.54, 1.807) is 24.5 Å². The molecule has 1 aliphatic rings. The van der Waals surface area contributed by atoms with Gasteiger partial charge in [0.2, 0.25) is 5.91 Å². The average Bonchev–Trinajstić information content (AvgIpc) is 2.41. The van der Waals surface area contributed by atoms with Crippen molar-refractivity contribution in [3.05, 3.63) is 23.8 Å². The van der Waals surface area contributed by atoms with Gasteiger partial charge in [0.15, 0.2) is 0 Å². The Morgan fingerprint density at radius 2 is 2.21 bits per heavy atom. The van der Waals surface area contributed by atoms with Crippen molar-refractivity contribution in [3.8, 4) is 0 Å². The van der Waals surface area contributed by atoms with E-state index in [1.165, 1.54) is 0 Å². The SMILES string of the molecule is C=S(C)(=O)c1ccc2c(c1)CC(=O)N2. The van der Waals surface area contributed by atoms with Crippen molar-refractivity contribution in [1.82, 2.24) is 0 Å². The number of carbonyl (C=O) groups is 1. The van der Waals surface area contributed by atoms with E-state index in [2.05, 4.69) is 11.2 Å². The van der Waals surface area contributed by atoms with Gasteiger partial charge >= 0.3 is 0 Å². The number of benzene rings is 1. The fraction of sp³-hybridized carbons (Fsp3) is 0.200. The zero-order valence-corrected chi connectivity index (χ0v) is 8.69. The molecule has 1 aromatic carbocycles. The minimum atomic E-state index is -2.18. The number of fused-ring (bicyclic) bond motifs is 1. The van der Waals surface area contributed by atoms with Gasteiger partial charge in [0.1, 0.15) is 0 Å². The molecule has 0 saturated carbocycles. The third-order valence-corrected chi connectivity index (χ3v) is 3.45. The van der Waals surface area contributed by atoms with Crippen LogP contribution in [0, 0.1) is 0 Å². The summed E-state index contributed by atoms with van der Waals surface area (Å²) >= 11 is 0. The number of nitrogens with one attached hydrogen (secondary N) is 1. The summed E-state index contributed by atoms with van der Waals surface area (Å²) < 4.78 is 11.7. The van der Waals surface area contributed by atoms with E-state index in [9.17, 15) is 9.00 Å². The highest BCUT2D eigenvalue weighted by Gasteiger charge is 2.18. The van der Waals surface area contributed by atoms with E-state index in [1.807, 2.05) is 0 Å². The molecule has 0 spiro atoms. The molecule has 4 heteroatoms. The zero-order chi connectivity index (χ0) is 10.3. The second kappa shape index (κ2) is 2.85. The fourth-order valence-corrected chi connectivity index (χ4v) is 2.22. The highest BCUT2D eigenvalue weighted by Crippen LogP contribution is 2.25. The Morgan fingerprint density at radius 1 is 1.50 bits per heavy atom. The number of hydrogen-bond donors (Lipinski definition) is 1.